The first kappa shape index (κ1) is 28.9. The van der Waals surface area contributed by atoms with Gasteiger partial charge in [-0.3, -0.25) is 4.90 Å². The molecule has 8 nitrogen and oxygen atoms in total. The highest BCUT2D eigenvalue weighted by Gasteiger charge is 2.31. The molecule has 198 valence electrons. The minimum absolute atomic E-state index is 0.206. The molecule has 1 aliphatic rings. The number of aliphatic hydroxyl groups excluding tert-OH is 1. The predicted octanol–water partition coefficient (Wildman–Crippen LogP) is 3.55. The standard InChI is InChI=1S/C23H29F3N2O2.C2H2O4/c1-17(2)21-8-3-4-9-22(21)30-16-20(29)15-27-10-12-28(13-11-27)19-7-5-6-18(14-19)23(24,25)26;3-1(4)2(5)6/h3-9,14,17,20,29H,10-13,15-16H2,1-2H3;(H,3,4)(H,5,6). The average Bonchev–Trinajstić information content (AvgIpc) is 2.83. The molecule has 3 rings (SSSR count). The van der Waals surface area contributed by atoms with E-state index in [2.05, 4.69) is 18.7 Å². The molecule has 2 aromatic carbocycles. The van der Waals surface area contributed by atoms with Crippen LogP contribution in [0.4, 0.5) is 18.9 Å². The second kappa shape index (κ2) is 13.1. The largest absolute Gasteiger partial charge is 0.491 e. The summed E-state index contributed by atoms with van der Waals surface area (Å²) in [7, 11) is 0. The number of carboxylic acids is 2. The Morgan fingerprint density at radius 1 is 0.972 bits per heavy atom. The number of alkyl halides is 3. The normalized spacial score (nSPS) is 15.1. The van der Waals surface area contributed by atoms with Gasteiger partial charge in [0, 0.05) is 38.4 Å². The molecule has 1 atom stereocenters. The number of benzene rings is 2. The van der Waals surface area contributed by atoms with Gasteiger partial charge in [-0.15, -0.1) is 0 Å². The minimum atomic E-state index is -4.34. The van der Waals surface area contributed by atoms with Crippen molar-refractivity contribution in [2.45, 2.75) is 32.0 Å². The molecule has 1 saturated heterocycles. The Bertz CT molecular complexity index is 995. The van der Waals surface area contributed by atoms with Crippen molar-refractivity contribution < 1.29 is 42.8 Å². The number of aliphatic carboxylic acids is 2. The maximum atomic E-state index is 12.9. The highest BCUT2D eigenvalue weighted by atomic mass is 19.4. The van der Waals surface area contributed by atoms with Crippen molar-refractivity contribution in [1.29, 1.82) is 0 Å². The lowest BCUT2D eigenvalue weighted by atomic mass is 10.0. The van der Waals surface area contributed by atoms with Crippen molar-refractivity contribution in [3.05, 3.63) is 59.7 Å². The average molecular weight is 513 g/mol. The number of anilines is 1. The van der Waals surface area contributed by atoms with Crippen molar-refractivity contribution in [3.8, 4) is 5.75 Å². The molecular formula is C25H31F3N2O6. The molecule has 36 heavy (non-hydrogen) atoms. The van der Waals surface area contributed by atoms with Crippen LogP contribution in [0, 0.1) is 0 Å². The third-order valence-corrected chi connectivity index (χ3v) is 5.54. The summed E-state index contributed by atoms with van der Waals surface area (Å²) in [5.74, 6) is -2.52. The summed E-state index contributed by atoms with van der Waals surface area (Å²) in [6, 6.07) is 13.3. The van der Waals surface area contributed by atoms with Gasteiger partial charge in [0.2, 0.25) is 0 Å². The molecule has 0 amide bonds. The van der Waals surface area contributed by atoms with Gasteiger partial charge in [0.1, 0.15) is 18.5 Å². The fourth-order valence-corrected chi connectivity index (χ4v) is 3.69. The Labute approximate surface area is 207 Å². The minimum Gasteiger partial charge on any atom is -0.491 e. The van der Waals surface area contributed by atoms with Crippen LogP contribution in [-0.4, -0.2) is 77.6 Å². The number of carboxylic acid groups (broad SMARTS) is 2. The van der Waals surface area contributed by atoms with E-state index in [1.807, 2.05) is 29.2 Å². The summed E-state index contributed by atoms with van der Waals surface area (Å²) in [6.07, 6.45) is -4.97. The van der Waals surface area contributed by atoms with Gasteiger partial charge in [-0.25, -0.2) is 9.59 Å². The van der Waals surface area contributed by atoms with E-state index in [-0.39, 0.29) is 6.61 Å². The highest BCUT2D eigenvalue weighted by Crippen LogP contribution is 2.32. The molecule has 3 N–H and O–H groups in total. The van der Waals surface area contributed by atoms with Crippen molar-refractivity contribution in [3.63, 3.8) is 0 Å². The molecule has 0 radical (unpaired) electrons. The van der Waals surface area contributed by atoms with Gasteiger partial charge in [0.15, 0.2) is 0 Å². The second-order valence-electron chi connectivity index (χ2n) is 8.60. The number of nitrogens with zero attached hydrogens (tertiary/aromatic N) is 2. The Hall–Kier alpha value is -3.31. The fraction of sp³-hybridized carbons (Fsp3) is 0.440. The molecule has 0 saturated carbocycles. The van der Waals surface area contributed by atoms with Crippen molar-refractivity contribution >= 4 is 17.6 Å². The maximum Gasteiger partial charge on any atom is 0.416 e. The summed E-state index contributed by atoms with van der Waals surface area (Å²) in [4.78, 5) is 22.3. The van der Waals surface area contributed by atoms with Gasteiger partial charge >= 0.3 is 18.1 Å². The first-order valence-corrected chi connectivity index (χ1v) is 11.4. The summed E-state index contributed by atoms with van der Waals surface area (Å²) < 4.78 is 44.7. The molecule has 1 heterocycles. The number of β-amino-alcohol motifs (C(OH)–C–C–N with tert-alkyl or cyclic N) is 1. The number of hydrogen-bond donors (Lipinski definition) is 3. The number of aliphatic hydroxyl groups is 1. The van der Waals surface area contributed by atoms with Gasteiger partial charge < -0.3 is 25.0 Å². The molecular weight excluding hydrogens is 481 g/mol. The van der Waals surface area contributed by atoms with Crippen LogP contribution < -0.4 is 9.64 Å². The van der Waals surface area contributed by atoms with E-state index in [1.54, 1.807) is 6.07 Å². The zero-order valence-electron chi connectivity index (χ0n) is 20.1. The van der Waals surface area contributed by atoms with Gasteiger partial charge in [-0.1, -0.05) is 38.1 Å². The van der Waals surface area contributed by atoms with E-state index in [4.69, 9.17) is 24.5 Å². The molecule has 1 aliphatic heterocycles. The third-order valence-electron chi connectivity index (χ3n) is 5.54. The van der Waals surface area contributed by atoms with Gasteiger partial charge in [0.25, 0.3) is 0 Å². The lowest BCUT2D eigenvalue weighted by molar-refractivity contribution is -0.159. The van der Waals surface area contributed by atoms with E-state index in [1.165, 1.54) is 12.1 Å². The van der Waals surface area contributed by atoms with Crippen molar-refractivity contribution in [2.75, 3.05) is 44.2 Å². The first-order valence-electron chi connectivity index (χ1n) is 11.4. The van der Waals surface area contributed by atoms with Gasteiger partial charge in [-0.2, -0.15) is 13.2 Å². The van der Waals surface area contributed by atoms with Gasteiger partial charge in [-0.05, 0) is 35.7 Å². The van der Waals surface area contributed by atoms with Crippen LogP contribution in [0.3, 0.4) is 0 Å². The molecule has 0 aromatic heterocycles. The fourth-order valence-electron chi connectivity index (χ4n) is 3.69. The van der Waals surface area contributed by atoms with Crippen molar-refractivity contribution in [2.24, 2.45) is 0 Å². The quantitative estimate of drug-likeness (QED) is 0.484. The molecule has 2 aromatic rings. The Balaban J connectivity index is 0.000000678. The maximum absolute atomic E-state index is 12.9. The number of para-hydroxylation sites is 1. The Kier molecular flexibility index (Phi) is 10.5. The summed E-state index contributed by atoms with van der Waals surface area (Å²) in [5, 5.41) is 25.2. The number of piperazine rings is 1. The monoisotopic (exact) mass is 512 g/mol. The molecule has 11 heteroatoms. The van der Waals surface area contributed by atoms with Gasteiger partial charge in [0.05, 0.1) is 5.56 Å². The number of hydrogen-bond acceptors (Lipinski definition) is 6. The van der Waals surface area contributed by atoms with Crippen LogP contribution in [0.5, 0.6) is 5.75 Å². The number of ether oxygens (including phenoxy) is 1. The number of rotatable bonds is 7. The molecule has 0 bridgehead atoms. The van der Waals surface area contributed by atoms with Crippen LogP contribution in [0.2, 0.25) is 0 Å². The van der Waals surface area contributed by atoms with E-state index in [0.717, 1.165) is 17.4 Å². The summed E-state index contributed by atoms with van der Waals surface area (Å²) in [5.41, 5.74) is 1.06. The SMILES string of the molecule is CC(C)c1ccccc1OCC(O)CN1CCN(c2cccc(C(F)(F)F)c2)CC1.O=C(O)C(=O)O. The van der Waals surface area contributed by atoms with E-state index < -0.39 is 29.8 Å². The first-order chi connectivity index (χ1) is 16.9. The topological polar surface area (TPSA) is 111 Å². The Morgan fingerprint density at radius 3 is 2.14 bits per heavy atom. The smallest absolute Gasteiger partial charge is 0.416 e. The van der Waals surface area contributed by atoms with Crippen LogP contribution in [-0.2, 0) is 15.8 Å². The number of halogens is 3. The van der Waals surface area contributed by atoms with Crippen molar-refractivity contribution in [1.82, 2.24) is 4.90 Å². The van der Waals surface area contributed by atoms with Crippen LogP contribution in [0.25, 0.3) is 0 Å². The van der Waals surface area contributed by atoms with E-state index in [9.17, 15) is 18.3 Å². The van der Waals surface area contributed by atoms with Crippen LogP contribution in [0.15, 0.2) is 48.5 Å². The third kappa shape index (κ3) is 9.04. The highest BCUT2D eigenvalue weighted by molar-refractivity contribution is 6.27. The molecule has 0 aliphatic carbocycles. The molecule has 1 unspecified atom stereocenters. The van der Waals surface area contributed by atoms with E-state index >= 15 is 0 Å². The van der Waals surface area contributed by atoms with E-state index in [0.29, 0.717) is 44.3 Å². The Morgan fingerprint density at radius 2 is 1.58 bits per heavy atom. The lowest BCUT2D eigenvalue weighted by Gasteiger charge is -2.37. The van der Waals surface area contributed by atoms with Crippen LogP contribution in [0.1, 0.15) is 30.9 Å². The predicted molar refractivity (Wildman–Crippen MR) is 127 cm³/mol. The zero-order chi connectivity index (χ0) is 26.9. The molecule has 0 spiro atoms. The summed E-state index contributed by atoms with van der Waals surface area (Å²) >= 11 is 0. The summed E-state index contributed by atoms with van der Waals surface area (Å²) in [6.45, 7) is 7.46. The zero-order valence-corrected chi connectivity index (χ0v) is 20.1. The second-order valence-corrected chi connectivity index (χ2v) is 8.60. The van der Waals surface area contributed by atoms with Crippen LogP contribution >= 0.6 is 0 Å². The molecule has 1 fully saturated rings. The number of carbonyl (C=O) groups is 2. The lowest BCUT2D eigenvalue weighted by Crippen LogP contribution is -2.49.